The number of halogens is 2. The molecule has 183 valence electrons. The first-order valence-corrected chi connectivity index (χ1v) is 22.6. The van der Waals surface area contributed by atoms with E-state index < -0.39 is 24.8 Å². The van der Waals surface area contributed by atoms with Crippen LogP contribution in [0.25, 0.3) is 11.1 Å². The van der Waals surface area contributed by atoms with Gasteiger partial charge < -0.3 is 0 Å². The van der Waals surface area contributed by atoms with E-state index in [2.05, 4.69) is 70.5 Å². The number of amides is 1. The van der Waals surface area contributed by atoms with Gasteiger partial charge in [0.15, 0.2) is 0 Å². The fourth-order valence-electron chi connectivity index (χ4n) is 5.35. The Morgan fingerprint density at radius 1 is 0.750 bits per heavy atom. The number of carbonyl (C=O) groups is 1. The van der Waals surface area contributed by atoms with E-state index >= 15 is 0 Å². The number of carbonyl (C=O) groups excluding carboxylic acids is 1. The van der Waals surface area contributed by atoms with Crippen LogP contribution in [0.5, 0.6) is 0 Å². The first-order chi connectivity index (χ1) is 17.1. The van der Waals surface area contributed by atoms with Crippen molar-refractivity contribution < 1.29 is 17.5 Å². The second-order valence-electron chi connectivity index (χ2n) is 10.7. The molecule has 0 bridgehead atoms. The van der Waals surface area contributed by atoms with Crippen LogP contribution in [-0.2, 0) is 23.9 Å². The van der Waals surface area contributed by atoms with Crippen LogP contribution in [0.2, 0.25) is 0 Å². The van der Waals surface area contributed by atoms with Crippen molar-refractivity contribution in [3.8, 4) is 11.1 Å². The predicted octanol–water partition coefficient (Wildman–Crippen LogP) is 5.50. The van der Waals surface area contributed by atoms with Gasteiger partial charge in [0.1, 0.15) is 0 Å². The molecule has 5 rings (SSSR count). The fourth-order valence-corrected chi connectivity index (χ4v) is 31.3. The summed E-state index contributed by atoms with van der Waals surface area (Å²) in [6.07, 6.45) is 0.760. The quantitative estimate of drug-likeness (QED) is 0.280. The van der Waals surface area contributed by atoms with Gasteiger partial charge in [-0.3, -0.25) is 0 Å². The Morgan fingerprint density at radius 2 is 1.28 bits per heavy atom. The maximum atomic E-state index is 13.7. The summed E-state index contributed by atoms with van der Waals surface area (Å²) in [5.41, 5.74) is 4.17. The normalized spacial score (nSPS) is 14.0. The van der Waals surface area contributed by atoms with Crippen molar-refractivity contribution in [1.82, 2.24) is 3.80 Å². The average Bonchev–Trinajstić information content (AvgIpc) is 3.23. The van der Waals surface area contributed by atoms with E-state index in [1.165, 1.54) is 16.7 Å². The number of nitrogens with one attached hydrogen (secondary N) is 1. The first-order valence-electron chi connectivity index (χ1n) is 12.3. The predicted molar refractivity (Wildman–Crippen MR) is 153 cm³/mol. The molecule has 0 unspecified atom stereocenters. The Morgan fingerprint density at radius 3 is 1.86 bits per heavy atom. The molecule has 4 aromatic rings. The zero-order valence-electron chi connectivity index (χ0n) is 20.8. The Balaban J connectivity index is 1.82. The fraction of sp³-hybridized carbons (Fsp3) is 0.167. The Bertz CT molecular complexity index is 1400. The summed E-state index contributed by atoms with van der Waals surface area (Å²) in [4.78, 5) is 13.7. The van der Waals surface area contributed by atoms with Gasteiger partial charge in [-0.2, -0.15) is 0 Å². The van der Waals surface area contributed by atoms with Crippen molar-refractivity contribution in [2.45, 2.75) is 27.2 Å². The summed E-state index contributed by atoms with van der Waals surface area (Å²) < 4.78 is 4.37. The zero-order chi connectivity index (χ0) is 25.6. The molecule has 36 heavy (non-hydrogen) atoms. The van der Waals surface area contributed by atoms with Crippen LogP contribution in [0.3, 0.4) is 0 Å². The van der Waals surface area contributed by atoms with Gasteiger partial charge in [0, 0.05) is 0 Å². The molecule has 0 atom stereocenters. The summed E-state index contributed by atoms with van der Waals surface area (Å²) in [6.45, 7) is 3.35. The number of rotatable bonds is 5. The van der Waals surface area contributed by atoms with Gasteiger partial charge in [-0.1, -0.05) is 0 Å². The van der Waals surface area contributed by atoms with Gasteiger partial charge in [-0.05, 0) is 0 Å². The molecule has 6 heteroatoms. The molecule has 0 radical (unpaired) electrons. The summed E-state index contributed by atoms with van der Waals surface area (Å²) in [5.74, 6) is -0.109. The van der Waals surface area contributed by atoms with Gasteiger partial charge in [0.25, 0.3) is 0 Å². The molecule has 1 aliphatic rings. The van der Waals surface area contributed by atoms with Crippen molar-refractivity contribution in [3.05, 3.63) is 114 Å². The molecule has 0 spiro atoms. The molecule has 2 nitrogen and oxygen atoms in total. The molecule has 4 aromatic carbocycles. The molecule has 0 aliphatic heterocycles. The number of fused-ring (bicyclic) bond motifs is 3. The maximum absolute atomic E-state index is 13.7. The van der Waals surface area contributed by atoms with Gasteiger partial charge in [0.2, 0.25) is 0 Å². The molecule has 1 amide bonds. The summed E-state index contributed by atoms with van der Waals surface area (Å²) >= 11 is -5.10. The Kier molecular flexibility index (Phi) is 6.60. The molecule has 0 saturated carbocycles. The second-order valence-corrected chi connectivity index (χ2v) is 35.3. The molecule has 0 aromatic heterocycles. The first kappa shape index (κ1) is 25.5. The van der Waals surface area contributed by atoms with E-state index in [4.69, 9.17) is 18.6 Å². The van der Waals surface area contributed by atoms with E-state index in [9.17, 15) is 4.79 Å². The topological polar surface area (TPSA) is 29.1 Å². The van der Waals surface area contributed by atoms with Crippen molar-refractivity contribution in [3.63, 3.8) is 0 Å². The summed E-state index contributed by atoms with van der Waals surface area (Å²) in [5, 5.41) is 2.26. The standard InChI is InChI=1S/C13H9.C12H11Si.C5H11NO.2ClH.Ti/c1-3-7-12-10(5-1)9-11-6-2-4-8-13(11)12;1-3-7-11(8-4-1)13-12-9-5-2-6-10-12;1-5(2,3)4(6)7;;;/h1-5,7-8H,9H2;1-10,13H;1-3H3,(H2,6,7);2*1H;/q;;;;;+3/p-3. The van der Waals surface area contributed by atoms with Crippen molar-refractivity contribution >= 4 is 45.4 Å². The van der Waals surface area contributed by atoms with E-state index in [0.717, 1.165) is 26.2 Å². The van der Waals surface area contributed by atoms with Gasteiger partial charge in [-0.25, -0.2) is 0 Å². The zero-order valence-corrected chi connectivity index (χ0v) is 25.0. The molecule has 1 aliphatic carbocycles. The Labute approximate surface area is 223 Å². The van der Waals surface area contributed by atoms with Gasteiger partial charge >= 0.3 is 225 Å². The number of benzene rings is 4. The second kappa shape index (κ2) is 9.31. The van der Waals surface area contributed by atoms with Crippen molar-refractivity contribution in [1.29, 1.82) is 0 Å². The van der Waals surface area contributed by atoms with E-state index in [1.54, 1.807) is 0 Å². The van der Waals surface area contributed by atoms with Crippen LogP contribution in [-0.4, -0.2) is 12.6 Å². The summed E-state index contributed by atoms with van der Waals surface area (Å²) in [7, 11) is 16.1. The van der Waals surface area contributed by atoms with Gasteiger partial charge in [-0.15, -0.1) is 0 Å². The number of hydrogen-bond donors (Lipinski definition) is 1. The molecule has 0 saturated heterocycles. The number of hydrogen-bond acceptors (Lipinski definition) is 1. The van der Waals surface area contributed by atoms with Crippen molar-refractivity contribution in [2.75, 3.05) is 0 Å². The van der Waals surface area contributed by atoms with Crippen molar-refractivity contribution in [2.24, 2.45) is 5.41 Å². The molecular weight excluding hydrogens is 537 g/mol. The summed E-state index contributed by atoms with van der Waals surface area (Å²) in [6, 6.07) is 35.4. The molecule has 1 N–H and O–H groups in total. The van der Waals surface area contributed by atoms with Gasteiger partial charge in [0.05, 0.1) is 0 Å². The SMILES string of the molecule is CC(C)(C)C(=O)[NH][Ti]([Cl])([Cl])([c]1cccc2c1Cc1ccccc1-2)[SiH](c1ccccc1)c1ccccc1. The van der Waals surface area contributed by atoms with Crippen LogP contribution in [0.15, 0.2) is 103 Å². The third kappa shape index (κ3) is 4.42. The third-order valence-corrected chi connectivity index (χ3v) is 31.2. The minimum absolute atomic E-state index is 0.109. The molecule has 0 heterocycles. The third-order valence-electron chi connectivity index (χ3n) is 7.14. The van der Waals surface area contributed by atoms with Crippen LogP contribution in [0.4, 0.5) is 0 Å². The monoisotopic (exact) mass is 566 g/mol. The van der Waals surface area contributed by atoms with E-state index in [-0.39, 0.29) is 5.91 Å². The van der Waals surface area contributed by atoms with Crippen LogP contribution in [0, 0.1) is 5.41 Å². The molecular formula is C30H30Cl2NOSiTi. The molecule has 0 fully saturated rings. The van der Waals surface area contributed by atoms with Crippen LogP contribution < -0.4 is 18.0 Å². The average molecular weight is 567 g/mol. The Hall–Kier alpha value is -2.14. The van der Waals surface area contributed by atoms with E-state index in [1.807, 2.05) is 57.2 Å². The minimum atomic E-state index is -5.10. The van der Waals surface area contributed by atoms with E-state index in [0.29, 0.717) is 0 Å². The van der Waals surface area contributed by atoms with Crippen LogP contribution >= 0.6 is 18.6 Å². The van der Waals surface area contributed by atoms with Crippen LogP contribution in [0.1, 0.15) is 31.9 Å².